The normalized spacial score (nSPS) is 18.2. The predicted molar refractivity (Wildman–Crippen MR) is 102 cm³/mol. The number of rotatable bonds is 2. The Morgan fingerprint density at radius 2 is 1.64 bits per heavy atom. The van der Waals surface area contributed by atoms with Crippen LogP contribution in [0.15, 0.2) is 30.3 Å². The SMILES string of the molecule is O=C(c1cc2sc3ccccc3c2s1)N1CCN(C(=O)C2CC2)CC1. The van der Waals surface area contributed by atoms with E-state index >= 15 is 0 Å². The van der Waals surface area contributed by atoms with Crippen molar-refractivity contribution in [1.82, 2.24) is 9.80 Å². The van der Waals surface area contributed by atoms with E-state index in [0.717, 1.165) is 17.7 Å². The van der Waals surface area contributed by atoms with E-state index in [2.05, 4.69) is 18.2 Å². The summed E-state index contributed by atoms with van der Waals surface area (Å²) in [7, 11) is 0. The largest absolute Gasteiger partial charge is 0.339 e. The molecule has 1 saturated heterocycles. The van der Waals surface area contributed by atoms with Crippen LogP contribution in [0, 0.1) is 5.92 Å². The molecule has 3 aromatic rings. The highest BCUT2D eigenvalue weighted by Gasteiger charge is 2.35. The highest BCUT2D eigenvalue weighted by molar-refractivity contribution is 7.33. The number of hydrogen-bond acceptors (Lipinski definition) is 4. The lowest BCUT2D eigenvalue weighted by Crippen LogP contribution is -2.50. The average molecular weight is 370 g/mol. The molecule has 1 aliphatic heterocycles. The van der Waals surface area contributed by atoms with E-state index in [1.165, 1.54) is 19.5 Å². The summed E-state index contributed by atoms with van der Waals surface area (Å²) in [6, 6.07) is 10.4. The second-order valence-electron chi connectivity index (χ2n) is 6.79. The standard InChI is InChI=1S/C19H18N2O2S2/c22-18(12-5-6-12)20-7-9-21(10-8-20)19(23)16-11-15-17(25-16)13-3-1-2-4-14(13)24-15/h1-4,11-12H,5-10H2. The third-order valence-electron chi connectivity index (χ3n) is 5.07. The molecule has 2 aliphatic rings. The fraction of sp³-hybridized carbons (Fsp3) is 0.368. The third-order valence-corrected chi connectivity index (χ3v) is 7.47. The number of piperazine rings is 1. The molecule has 6 heteroatoms. The summed E-state index contributed by atoms with van der Waals surface area (Å²) in [6.07, 6.45) is 2.08. The summed E-state index contributed by atoms with van der Waals surface area (Å²) in [5.74, 6) is 0.658. The predicted octanol–water partition coefficient (Wildman–Crippen LogP) is 3.81. The summed E-state index contributed by atoms with van der Waals surface area (Å²) in [4.78, 5) is 29.6. The van der Waals surface area contributed by atoms with Gasteiger partial charge in [0.2, 0.25) is 5.91 Å². The van der Waals surface area contributed by atoms with Crippen LogP contribution in [0.5, 0.6) is 0 Å². The molecule has 0 unspecified atom stereocenters. The highest BCUT2D eigenvalue weighted by Crippen LogP contribution is 2.39. The van der Waals surface area contributed by atoms with Gasteiger partial charge in [0.1, 0.15) is 0 Å². The number of nitrogens with zero attached hydrogens (tertiary/aromatic N) is 2. The molecule has 1 aliphatic carbocycles. The van der Waals surface area contributed by atoms with Crippen LogP contribution in [0.2, 0.25) is 0 Å². The summed E-state index contributed by atoms with van der Waals surface area (Å²) in [5, 5.41) is 1.24. The molecule has 0 N–H and O–H groups in total. The van der Waals surface area contributed by atoms with E-state index in [0.29, 0.717) is 26.2 Å². The number of hydrogen-bond donors (Lipinski definition) is 0. The zero-order chi connectivity index (χ0) is 17.0. The lowest BCUT2D eigenvalue weighted by molar-refractivity contribution is -0.134. The Labute approximate surface area is 153 Å². The Kier molecular flexibility index (Phi) is 3.57. The number of carbonyl (C=O) groups is 2. The molecule has 25 heavy (non-hydrogen) atoms. The van der Waals surface area contributed by atoms with Crippen LogP contribution in [-0.4, -0.2) is 47.8 Å². The molecule has 128 valence electrons. The zero-order valence-corrected chi connectivity index (χ0v) is 15.4. The third kappa shape index (κ3) is 2.64. The van der Waals surface area contributed by atoms with Gasteiger partial charge < -0.3 is 9.80 Å². The topological polar surface area (TPSA) is 40.6 Å². The van der Waals surface area contributed by atoms with E-state index in [9.17, 15) is 9.59 Å². The van der Waals surface area contributed by atoms with Gasteiger partial charge in [0.25, 0.3) is 5.91 Å². The van der Waals surface area contributed by atoms with E-state index in [1.807, 2.05) is 21.9 Å². The number of benzene rings is 1. The quantitative estimate of drug-likeness (QED) is 0.688. The first kappa shape index (κ1) is 15.3. The minimum atomic E-state index is 0.107. The van der Waals surface area contributed by atoms with Crippen molar-refractivity contribution in [2.24, 2.45) is 5.92 Å². The van der Waals surface area contributed by atoms with Crippen molar-refractivity contribution in [2.75, 3.05) is 26.2 Å². The Bertz CT molecular complexity index is 978. The van der Waals surface area contributed by atoms with Crippen molar-refractivity contribution in [3.05, 3.63) is 35.2 Å². The van der Waals surface area contributed by atoms with E-state index in [4.69, 9.17) is 0 Å². The van der Waals surface area contributed by atoms with Gasteiger partial charge >= 0.3 is 0 Å². The molecule has 2 amide bonds. The van der Waals surface area contributed by atoms with Crippen molar-refractivity contribution in [1.29, 1.82) is 0 Å². The summed E-state index contributed by atoms with van der Waals surface area (Å²) >= 11 is 3.34. The Morgan fingerprint density at radius 3 is 2.40 bits per heavy atom. The molecule has 0 spiro atoms. The molecule has 2 fully saturated rings. The maximum atomic E-state index is 12.9. The van der Waals surface area contributed by atoms with Crippen LogP contribution < -0.4 is 0 Å². The second-order valence-corrected chi connectivity index (χ2v) is 8.93. The fourth-order valence-electron chi connectivity index (χ4n) is 3.48. The molecular weight excluding hydrogens is 352 g/mol. The van der Waals surface area contributed by atoms with Crippen molar-refractivity contribution in [3.8, 4) is 0 Å². The van der Waals surface area contributed by atoms with Gasteiger partial charge in [-0.05, 0) is 25.0 Å². The Hall–Kier alpha value is -1.92. The fourth-order valence-corrected chi connectivity index (χ4v) is 5.97. The first-order valence-corrected chi connectivity index (χ1v) is 10.3. The highest BCUT2D eigenvalue weighted by atomic mass is 32.1. The van der Waals surface area contributed by atoms with Gasteiger partial charge in [0, 0.05) is 46.9 Å². The van der Waals surface area contributed by atoms with Crippen LogP contribution in [-0.2, 0) is 4.79 Å². The molecule has 0 atom stereocenters. The molecule has 0 radical (unpaired) electrons. The minimum Gasteiger partial charge on any atom is -0.339 e. The molecule has 0 bridgehead atoms. The van der Waals surface area contributed by atoms with Gasteiger partial charge in [0.15, 0.2) is 0 Å². The van der Waals surface area contributed by atoms with Crippen molar-refractivity contribution in [3.63, 3.8) is 0 Å². The lowest BCUT2D eigenvalue weighted by atomic mass is 10.2. The van der Waals surface area contributed by atoms with Crippen LogP contribution in [0.4, 0.5) is 0 Å². The van der Waals surface area contributed by atoms with Crippen molar-refractivity contribution < 1.29 is 9.59 Å². The number of amides is 2. The monoisotopic (exact) mass is 370 g/mol. The molecule has 3 heterocycles. The maximum absolute atomic E-state index is 12.9. The summed E-state index contributed by atoms with van der Waals surface area (Å²) < 4.78 is 3.68. The average Bonchev–Trinajstić information content (AvgIpc) is 3.32. The smallest absolute Gasteiger partial charge is 0.264 e. The van der Waals surface area contributed by atoms with Gasteiger partial charge in [-0.2, -0.15) is 0 Å². The first-order chi connectivity index (χ1) is 12.2. The second kappa shape index (κ2) is 5.81. The molecule has 4 nitrogen and oxygen atoms in total. The Balaban J connectivity index is 1.34. The van der Waals surface area contributed by atoms with Gasteiger partial charge in [0.05, 0.1) is 9.58 Å². The zero-order valence-electron chi connectivity index (χ0n) is 13.7. The Morgan fingerprint density at radius 1 is 0.920 bits per heavy atom. The molecule has 2 aromatic heterocycles. The van der Waals surface area contributed by atoms with Crippen LogP contribution in [0.25, 0.3) is 19.5 Å². The van der Waals surface area contributed by atoms with E-state index < -0.39 is 0 Å². The van der Waals surface area contributed by atoms with Gasteiger partial charge in [-0.15, -0.1) is 22.7 Å². The van der Waals surface area contributed by atoms with E-state index in [-0.39, 0.29) is 17.7 Å². The number of carbonyl (C=O) groups excluding carboxylic acids is 2. The van der Waals surface area contributed by atoms with E-state index in [1.54, 1.807) is 22.7 Å². The summed E-state index contributed by atoms with van der Waals surface area (Å²) in [5.41, 5.74) is 0. The van der Waals surface area contributed by atoms with Crippen molar-refractivity contribution >= 4 is 54.0 Å². The molecular formula is C19H18N2O2S2. The van der Waals surface area contributed by atoms with Crippen LogP contribution in [0.1, 0.15) is 22.5 Å². The number of thiophene rings is 2. The minimum absolute atomic E-state index is 0.107. The van der Waals surface area contributed by atoms with Crippen LogP contribution in [0.3, 0.4) is 0 Å². The first-order valence-electron chi connectivity index (χ1n) is 8.70. The lowest BCUT2D eigenvalue weighted by Gasteiger charge is -2.34. The molecule has 1 aromatic carbocycles. The number of fused-ring (bicyclic) bond motifs is 3. The molecule has 1 saturated carbocycles. The van der Waals surface area contributed by atoms with Crippen molar-refractivity contribution in [2.45, 2.75) is 12.8 Å². The van der Waals surface area contributed by atoms with Gasteiger partial charge in [-0.3, -0.25) is 9.59 Å². The summed E-state index contributed by atoms with van der Waals surface area (Å²) in [6.45, 7) is 2.63. The van der Waals surface area contributed by atoms with Crippen LogP contribution >= 0.6 is 22.7 Å². The van der Waals surface area contributed by atoms with Gasteiger partial charge in [-0.1, -0.05) is 18.2 Å². The maximum Gasteiger partial charge on any atom is 0.264 e. The molecule has 5 rings (SSSR count). The van der Waals surface area contributed by atoms with Gasteiger partial charge in [-0.25, -0.2) is 0 Å².